The number of hydrogen-bond donors (Lipinski definition) is 1. The second kappa shape index (κ2) is 8.43. The van der Waals surface area contributed by atoms with E-state index < -0.39 is 0 Å². The first-order valence-corrected chi connectivity index (χ1v) is 9.95. The van der Waals surface area contributed by atoms with Crippen LogP contribution in [0.5, 0.6) is 0 Å². The van der Waals surface area contributed by atoms with Crippen LogP contribution in [0.15, 0.2) is 74.8 Å². The fourth-order valence-electron chi connectivity index (χ4n) is 3.34. The normalized spacial score (nSPS) is 11.2. The Labute approximate surface area is 177 Å². The number of furan rings is 1. The summed E-state index contributed by atoms with van der Waals surface area (Å²) in [6, 6.07) is 15.1. The van der Waals surface area contributed by atoms with Gasteiger partial charge in [-0.2, -0.15) is 0 Å². The third kappa shape index (κ3) is 4.32. The maximum atomic E-state index is 13.1. The molecule has 0 spiro atoms. The molecule has 4 aromatic rings. The number of aromatic nitrogens is 3. The highest BCUT2D eigenvalue weighted by atomic mass is 16.4. The predicted molar refractivity (Wildman–Crippen MR) is 116 cm³/mol. The van der Waals surface area contributed by atoms with E-state index in [1.54, 1.807) is 53.6 Å². The summed E-state index contributed by atoms with van der Waals surface area (Å²) >= 11 is 0. The lowest BCUT2D eigenvalue weighted by molar-refractivity contribution is 0.0650. The number of para-hydroxylation sites is 1. The molecule has 4 rings (SSSR count). The van der Waals surface area contributed by atoms with Crippen molar-refractivity contribution in [2.45, 2.75) is 33.0 Å². The maximum absolute atomic E-state index is 13.1. The minimum atomic E-state index is -0.322. The molecule has 0 fully saturated rings. The van der Waals surface area contributed by atoms with Crippen molar-refractivity contribution in [1.82, 2.24) is 19.4 Å². The van der Waals surface area contributed by atoms with Crippen LogP contribution < -0.4 is 11.1 Å². The molecule has 0 unspecified atom stereocenters. The molecule has 8 nitrogen and oxygen atoms in total. The largest absolute Gasteiger partial charge is 0.454 e. The van der Waals surface area contributed by atoms with E-state index in [0.29, 0.717) is 22.5 Å². The SMILES string of the molecule is CC(C)N(Cc1nc2ccccc2c(=O)[nH]1)C(=O)c1ccc(Cn2ccccc2=O)o1. The van der Waals surface area contributed by atoms with Crippen LogP contribution in [-0.2, 0) is 13.1 Å². The van der Waals surface area contributed by atoms with E-state index in [0.717, 1.165) is 0 Å². The topological polar surface area (TPSA) is 101 Å². The molecule has 8 heteroatoms. The average Bonchev–Trinajstić information content (AvgIpc) is 3.22. The van der Waals surface area contributed by atoms with E-state index in [4.69, 9.17) is 4.42 Å². The summed E-state index contributed by atoms with van der Waals surface area (Å²) in [6.45, 7) is 4.12. The minimum Gasteiger partial charge on any atom is -0.454 e. The number of carbonyl (C=O) groups excluding carboxylic acids is 1. The number of fused-ring (bicyclic) bond motifs is 1. The number of H-pyrrole nitrogens is 1. The molecule has 0 aliphatic heterocycles. The molecule has 0 atom stereocenters. The smallest absolute Gasteiger partial charge is 0.290 e. The molecule has 0 radical (unpaired) electrons. The van der Waals surface area contributed by atoms with Gasteiger partial charge in [-0.3, -0.25) is 14.4 Å². The van der Waals surface area contributed by atoms with Gasteiger partial charge >= 0.3 is 0 Å². The molecule has 0 saturated heterocycles. The molecule has 1 aromatic carbocycles. The molecule has 3 heterocycles. The highest BCUT2D eigenvalue weighted by Gasteiger charge is 2.23. The van der Waals surface area contributed by atoms with Gasteiger partial charge in [-0.15, -0.1) is 0 Å². The summed E-state index contributed by atoms with van der Waals surface area (Å²) < 4.78 is 7.22. The second-order valence-corrected chi connectivity index (χ2v) is 7.49. The van der Waals surface area contributed by atoms with Crippen molar-refractivity contribution >= 4 is 16.8 Å². The predicted octanol–water partition coefficient (Wildman–Crippen LogP) is 2.78. The summed E-state index contributed by atoms with van der Waals surface area (Å²) in [5.41, 5.74) is 0.179. The van der Waals surface area contributed by atoms with Gasteiger partial charge in [-0.25, -0.2) is 4.98 Å². The van der Waals surface area contributed by atoms with E-state index in [-0.39, 0.29) is 41.9 Å². The van der Waals surface area contributed by atoms with Gasteiger partial charge in [0.25, 0.3) is 17.0 Å². The maximum Gasteiger partial charge on any atom is 0.290 e. The first-order valence-electron chi connectivity index (χ1n) is 9.95. The number of carbonyl (C=O) groups is 1. The Morgan fingerprint density at radius 2 is 1.87 bits per heavy atom. The van der Waals surface area contributed by atoms with E-state index in [9.17, 15) is 14.4 Å². The fraction of sp³-hybridized carbons (Fsp3) is 0.217. The molecule has 1 N–H and O–H groups in total. The van der Waals surface area contributed by atoms with Gasteiger partial charge in [0, 0.05) is 18.3 Å². The Hall–Kier alpha value is -3.94. The Morgan fingerprint density at radius 3 is 2.65 bits per heavy atom. The zero-order chi connectivity index (χ0) is 22.0. The van der Waals surface area contributed by atoms with E-state index >= 15 is 0 Å². The van der Waals surface area contributed by atoms with Crippen LogP contribution in [-0.4, -0.2) is 31.4 Å². The number of aromatic amines is 1. The van der Waals surface area contributed by atoms with Gasteiger partial charge in [-0.05, 0) is 44.2 Å². The summed E-state index contributed by atoms with van der Waals surface area (Å²) in [6.07, 6.45) is 1.66. The number of benzene rings is 1. The van der Waals surface area contributed by atoms with Gasteiger partial charge in [0.2, 0.25) is 0 Å². The van der Waals surface area contributed by atoms with Crippen molar-refractivity contribution < 1.29 is 9.21 Å². The van der Waals surface area contributed by atoms with E-state index in [1.165, 1.54) is 10.6 Å². The molecule has 158 valence electrons. The monoisotopic (exact) mass is 418 g/mol. The lowest BCUT2D eigenvalue weighted by Crippen LogP contribution is -2.37. The first-order chi connectivity index (χ1) is 14.9. The summed E-state index contributed by atoms with van der Waals surface area (Å²) in [5, 5.41) is 0.500. The van der Waals surface area contributed by atoms with Crippen molar-refractivity contribution in [3.8, 4) is 0 Å². The number of nitrogens with zero attached hydrogens (tertiary/aromatic N) is 3. The number of amides is 1. The fourth-order valence-corrected chi connectivity index (χ4v) is 3.34. The van der Waals surface area contributed by atoms with Crippen LogP contribution in [0.25, 0.3) is 10.9 Å². The van der Waals surface area contributed by atoms with E-state index in [2.05, 4.69) is 9.97 Å². The molecule has 0 aliphatic rings. The van der Waals surface area contributed by atoms with Gasteiger partial charge in [0.05, 0.1) is 24.0 Å². The van der Waals surface area contributed by atoms with Crippen molar-refractivity contribution in [3.63, 3.8) is 0 Å². The van der Waals surface area contributed by atoms with Gasteiger partial charge < -0.3 is 18.9 Å². The number of pyridine rings is 1. The Bertz CT molecular complexity index is 1350. The Kier molecular flexibility index (Phi) is 5.53. The van der Waals surface area contributed by atoms with Gasteiger partial charge in [0.15, 0.2) is 5.76 Å². The van der Waals surface area contributed by atoms with Crippen LogP contribution in [0.1, 0.15) is 36.0 Å². The number of nitrogens with one attached hydrogen (secondary N) is 1. The number of hydrogen-bond acceptors (Lipinski definition) is 5. The van der Waals surface area contributed by atoms with Crippen molar-refractivity contribution in [2.75, 3.05) is 0 Å². The Morgan fingerprint density at radius 1 is 1.10 bits per heavy atom. The molecule has 0 bridgehead atoms. The highest BCUT2D eigenvalue weighted by Crippen LogP contribution is 2.16. The van der Waals surface area contributed by atoms with Crippen LogP contribution >= 0.6 is 0 Å². The van der Waals surface area contributed by atoms with Crippen LogP contribution in [0.3, 0.4) is 0 Å². The summed E-state index contributed by atoms with van der Waals surface area (Å²) in [7, 11) is 0. The third-order valence-electron chi connectivity index (χ3n) is 4.96. The molecular weight excluding hydrogens is 396 g/mol. The van der Waals surface area contributed by atoms with Gasteiger partial charge in [0.1, 0.15) is 11.6 Å². The van der Waals surface area contributed by atoms with Crippen LogP contribution in [0.4, 0.5) is 0 Å². The molecule has 0 aliphatic carbocycles. The zero-order valence-electron chi connectivity index (χ0n) is 17.2. The lowest BCUT2D eigenvalue weighted by Gasteiger charge is -2.25. The van der Waals surface area contributed by atoms with Crippen LogP contribution in [0.2, 0.25) is 0 Å². The van der Waals surface area contributed by atoms with Crippen molar-refractivity contribution in [3.05, 3.63) is 98.8 Å². The molecular formula is C23H22N4O4. The van der Waals surface area contributed by atoms with E-state index in [1.807, 2.05) is 19.9 Å². The minimum absolute atomic E-state index is 0.130. The Balaban J connectivity index is 1.57. The van der Waals surface area contributed by atoms with Crippen molar-refractivity contribution in [2.24, 2.45) is 0 Å². The lowest BCUT2D eigenvalue weighted by atomic mass is 10.2. The molecule has 3 aromatic heterocycles. The standard InChI is InChI=1S/C23H22N4O4/c1-15(2)27(14-20-24-18-8-4-3-7-17(18)22(29)25-20)23(30)19-11-10-16(31-19)13-26-12-6-5-9-21(26)28/h3-12,15H,13-14H2,1-2H3,(H,24,25,29). The van der Waals surface area contributed by atoms with Crippen molar-refractivity contribution in [1.29, 1.82) is 0 Å². The highest BCUT2D eigenvalue weighted by molar-refractivity contribution is 5.91. The van der Waals surface area contributed by atoms with Crippen LogP contribution in [0, 0.1) is 0 Å². The average molecular weight is 418 g/mol. The molecule has 0 saturated carbocycles. The molecule has 31 heavy (non-hydrogen) atoms. The third-order valence-corrected chi connectivity index (χ3v) is 4.96. The zero-order valence-corrected chi connectivity index (χ0v) is 17.2. The summed E-state index contributed by atoms with van der Waals surface area (Å²) in [5.74, 6) is 0.735. The first kappa shape index (κ1) is 20.3. The molecule has 1 amide bonds. The van der Waals surface area contributed by atoms with Gasteiger partial charge in [-0.1, -0.05) is 18.2 Å². The quantitative estimate of drug-likeness (QED) is 0.519. The second-order valence-electron chi connectivity index (χ2n) is 7.49. The number of rotatable bonds is 6. The summed E-state index contributed by atoms with van der Waals surface area (Å²) in [4.78, 5) is 46.2.